The normalized spacial score (nSPS) is 11.4. The van der Waals surface area contributed by atoms with E-state index in [1.165, 1.54) is 35.0 Å². The molecule has 8 heteroatoms. The van der Waals surface area contributed by atoms with Gasteiger partial charge in [0.15, 0.2) is 15.5 Å². The Kier molecular flexibility index (Phi) is 4.36. The Bertz CT molecular complexity index is 1040. The highest BCUT2D eigenvalue weighted by molar-refractivity contribution is 7.90. The Hall–Kier alpha value is -2.64. The molecule has 0 bridgehead atoms. The average molecular weight is 377 g/mol. The van der Waals surface area contributed by atoms with Gasteiger partial charge in [0.25, 0.3) is 0 Å². The number of nitrogens with zero attached hydrogens (tertiary/aromatic N) is 2. The monoisotopic (exact) mass is 376 g/mol. The summed E-state index contributed by atoms with van der Waals surface area (Å²) in [5.74, 6) is -1.14. The van der Waals surface area contributed by atoms with Crippen LogP contribution in [0.1, 0.15) is 10.5 Å². The second-order valence-electron chi connectivity index (χ2n) is 5.40. The number of benzene rings is 2. The SMILES string of the molecule is CS(=O)(=O)c1ccc(-n2nc(-c3ccc(Cl)cc3)cc2C(=O)O)cc1. The number of hydrogen-bond donors (Lipinski definition) is 1. The number of carboxylic acids is 1. The number of aromatic carboxylic acids is 1. The summed E-state index contributed by atoms with van der Waals surface area (Å²) in [6, 6.07) is 14.2. The van der Waals surface area contributed by atoms with Crippen LogP contribution in [0.5, 0.6) is 0 Å². The molecule has 1 N–H and O–H groups in total. The zero-order chi connectivity index (χ0) is 18.2. The van der Waals surface area contributed by atoms with Crippen molar-refractivity contribution in [3.05, 3.63) is 65.3 Å². The third-order valence-corrected chi connectivity index (χ3v) is 4.96. The summed E-state index contributed by atoms with van der Waals surface area (Å²) in [7, 11) is -3.33. The van der Waals surface area contributed by atoms with Crippen LogP contribution in [0.25, 0.3) is 16.9 Å². The van der Waals surface area contributed by atoms with Crippen LogP contribution in [0.4, 0.5) is 0 Å². The Morgan fingerprint density at radius 3 is 2.20 bits per heavy atom. The smallest absolute Gasteiger partial charge is 0.354 e. The van der Waals surface area contributed by atoms with Crippen LogP contribution in [0.15, 0.2) is 59.5 Å². The Balaban J connectivity index is 2.09. The van der Waals surface area contributed by atoms with E-state index in [4.69, 9.17) is 11.6 Å². The fourth-order valence-corrected chi connectivity index (χ4v) is 3.08. The highest BCUT2D eigenvalue weighted by Crippen LogP contribution is 2.24. The van der Waals surface area contributed by atoms with E-state index < -0.39 is 15.8 Å². The minimum atomic E-state index is -3.33. The number of carbonyl (C=O) groups is 1. The number of aromatic nitrogens is 2. The Morgan fingerprint density at radius 2 is 1.68 bits per heavy atom. The number of halogens is 1. The standard InChI is InChI=1S/C17H13ClN2O4S/c1-25(23,24)14-8-6-13(7-9-14)20-16(17(21)22)10-15(19-20)11-2-4-12(18)5-3-11/h2-10H,1H3,(H,21,22). The minimum absolute atomic E-state index is 0.0305. The molecule has 0 radical (unpaired) electrons. The van der Waals surface area contributed by atoms with Crippen molar-refractivity contribution >= 4 is 27.4 Å². The van der Waals surface area contributed by atoms with Gasteiger partial charge in [0.05, 0.1) is 16.3 Å². The van der Waals surface area contributed by atoms with Gasteiger partial charge in [0.2, 0.25) is 0 Å². The van der Waals surface area contributed by atoms with Crippen molar-refractivity contribution in [3.63, 3.8) is 0 Å². The van der Waals surface area contributed by atoms with Gasteiger partial charge >= 0.3 is 5.97 Å². The molecule has 0 amide bonds. The third-order valence-electron chi connectivity index (χ3n) is 3.58. The van der Waals surface area contributed by atoms with E-state index >= 15 is 0 Å². The van der Waals surface area contributed by atoms with Crippen LogP contribution in [-0.2, 0) is 9.84 Å². The van der Waals surface area contributed by atoms with E-state index in [1.54, 1.807) is 24.3 Å². The molecule has 0 saturated carbocycles. The van der Waals surface area contributed by atoms with Gasteiger partial charge in [0, 0.05) is 16.8 Å². The van der Waals surface area contributed by atoms with E-state index in [0.717, 1.165) is 11.8 Å². The topological polar surface area (TPSA) is 89.3 Å². The van der Waals surface area contributed by atoms with Crippen molar-refractivity contribution in [3.8, 4) is 16.9 Å². The minimum Gasteiger partial charge on any atom is -0.477 e. The van der Waals surface area contributed by atoms with E-state index in [-0.39, 0.29) is 10.6 Å². The van der Waals surface area contributed by atoms with Crippen molar-refractivity contribution in [2.75, 3.05) is 6.26 Å². The van der Waals surface area contributed by atoms with Crippen molar-refractivity contribution in [2.45, 2.75) is 4.90 Å². The summed E-state index contributed by atoms with van der Waals surface area (Å²) >= 11 is 5.86. The number of rotatable bonds is 4. The van der Waals surface area contributed by atoms with Crippen molar-refractivity contribution < 1.29 is 18.3 Å². The van der Waals surface area contributed by atoms with Gasteiger partial charge in [-0.1, -0.05) is 23.7 Å². The van der Waals surface area contributed by atoms with Gasteiger partial charge in [-0.25, -0.2) is 17.9 Å². The van der Waals surface area contributed by atoms with Crippen molar-refractivity contribution in [2.24, 2.45) is 0 Å². The first-order valence-electron chi connectivity index (χ1n) is 7.15. The highest BCUT2D eigenvalue weighted by Gasteiger charge is 2.17. The molecule has 25 heavy (non-hydrogen) atoms. The van der Waals surface area contributed by atoms with E-state index in [0.29, 0.717) is 16.4 Å². The second-order valence-corrected chi connectivity index (χ2v) is 7.86. The lowest BCUT2D eigenvalue weighted by Crippen LogP contribution is -2.08. The van der Waals surface area contributed by atoms with E-state index in [2.05, 4.69) is 5.10 Å². The number of hydrogen-bond acceptors (Lipinski definition) is 4. The molecule has 0 unspecified atom stereocenters. The maximum absolute atomic E-state index is 11.5. The molecule has 128 valence electrons. The molecule has 3 rings (SSSR count). The van der Waals surface area contributed by atoms with Gasteiger partial charge in [-0.05, 0) is 42.5 Å². The molecule has 1 aromatic heterocycles. The third kappa shape index (κ3) is 3.57. The average Bonchev–Trinajstić information content (AvgIpc) is 3.00. The van der Waals surface area contributed by atoms with Gasteiger partial charge in [-0.3, -0.25) is 0 Å². The van der Waals surface area contributed by atoms with Gasteiger partial charge in [-0.15, -0.1) is 0 Å². The predicted octanol–water partition coefficient (Wildman–Crippen LogP) is 3.29. The number of carboxylic acid groups (broad SMARTS) is 1. The van der Waals surface area contributed by atoms with Crippen molar-refractivity contribution in [1.82, 2.24) is 9.78 Å². The molecule has 1 heterocycles. The first kappa shape index (κ1) is 17.2. The predicted molar refractivity (Wildman–Crippen MR) is 94.1 cm³/mol. The molecule has 2 aromatic carbocycles. The maximum Gasteiger partial charge on any atom is 0.354 e. The zero-order valence-corrected chi connectivity index (χ0v) is 14.6. The Morgan fingerprint density at radius 1 is 1.08 bits per heavy atom. The molecule has 0 aliphatic carbocycles. The lowest BCUT2D eigenvalue weighted by atomic mass is 10.1. The largest absolute Gasteiger partial charge is 0.477 e. The molecular formula is C17H13ClN2O4S. The van der Waals surface area contributed by atoms with Crippen LogP contribution in [0.2, 0.25) is 5.02 Å². The molecule has 6 nitrogen and oxygen atoms in total. The first-order valence-corrected chi connectivity index (χ1v) is 9.42. The summed E-state index contributed by atoms with van der Waals surface area (Å²) in [5.41, 5.74) is 1.61. The van der Waals surface area contributed by atoms with Crippen LogP contribution < -0.4 is 0 Å². The summed E-state index contributed by atoms with van der Waals surface area (Å²) in [4.78, 5) is 11.7. The lowest BCUT2D eigenvalue weighted by Gasteiger charge is -2.05. The molecule has 0 saturated heterocycles. The van der Waals surface area contributed by atoms with Gasteiger partial charge < -0.3 is 5.11 Å². The van der Waals surface area contributed by atoms with E-state index in [9.17, 15) is 18.3 Å². The van der Waals surface area contributed by atoms with Crippen LogP contribution in [0, 0.1) is 0 Å². The molecule has 0 aliphatic rings. The highest BCUT2D eigenvalue weighted by atomic mass is 35.5. The van der Waals surface area contributed by atoms with E-state index in [1.807, 2.05) is 0 Å². The zero-order valence-electron chi connectivity index (χ0n) is 13.0. The molecule has 0 spiro atoms. The summed E-state index contributed by atoms with van der Waals surface area (Å²) in [5, 5.41) is 14.3. The van der Waals surface area contributed by atoms with Crippen LogP contribution in [-0.4, -0.2) is 35.5 Å². The summed E-state index contributed by atoms with van der Waals surface area (Å²) in [6.07, 6.45) is 1.11. The van der Waals surface area contributed by atoms with Gasteiger partial charge in [0.1, 0.15) is 0 Å². The quantitative estimate of drug-likeness (QED) is 0.754. The second kappa shape index (κ2) is 6.34. The van der Waals surface area contributed by atoms with Gasteiger partial charge in [-0.2, -0.15) is 5.10 Å². The molecular weight excluding hydrogens is 364 g/mol. The molecule has 0 aliphatic heterocycles. The maximum atomic E-state index is 11.5. The molecule has 0 fully saturated rings. The fraction of sp³-hybridized carbons (Fsp3) is 0.0588. The van der Waals surface area contributed by atoms with Crippen LogP contribution >= 0.6 is 11.6 Å². The lowest BCUT2D eigenvalue weighted by molar-refractivity contribution is 0.0687. The summed E-state index contributed by atoms with van der Waals surface area (Å²) in [6.45, 7) is 0. The summed E-state index contributed by atoms with van der Waals surface area (Å²) < 4.78 is 24.4. The molecule has 3 aromatic rings. The number of sulfone groups is 1. The Labute approximate surface area is 149 Å². The first-order chi connectivity index (χ1) is 11.8. The van der Waals surface area contributed by atoms with Crippen molar-refractivity contribution in [1.29, 1.82) is 0 Å². The molecule has 0 atom stereocenters. The van der Waals surface area contributed by atoms with Crippen LogP contribution in [0.3, 0.4) is 0 Å². The fourth-order valence-electron chi connectivity index (χ4n) is 2.33.